The zero-order valence-electron chi connectivity index (χ0n) is 21.1. The molecule has 1 aliphatic heterocycles. The smallest absolute Gasteiger partial charge is 0.178 e. The van der Waals surface area contributed by atoms with Crippen molar-refractivity contribution in [3.05, 3.63) is 95.4 Å². The molecule has 0 fully saturated rings. The topological polar surface area (TPSA) is 62.9 Å². The number of nitrogens with zero attached hydrogens (tertiary/aromatic N) is 5. The van der Waals surface area contributed by atoms with Gasteiger partial charge in [0, 0.05) is 24.5 Å². The van der Waals surface area contributed by atoms with Crippen molar-refractivity contribution in [1.82, 2.24) is 9.55 Å². The minimum atomic E-state index is -0.0444. The first kappa shape index (κ1) is 23.4. The first-order valence-electron chi connectivity index (χ1n) is 12.3. The first-order chi connectivity index (χ1) is 17.5. The normalized spacial score (nSPS) is 13.7. The highest BCUT2D eigenvalue weighted by Crippen LogP contribution is 2.33. The fourth-order valence-electron chi connectivity index (χ4n) is 4.63. The van der Waals surface area contributed by atoms with Crippen molar-refractivity contribution >= 4 is 28.2 Å². The van der Waals surface area contributed by atoms with E-state index in [-0.39, 0.29) is 5.78 Å². The quantitative estimate of drug-likeness (QED) is 0.216. The Morgan fingerprint density at radius 3 is 2.28 bits per heavy atom. The SMILES string of the molecule is CCN(CC)c1cc2c(cc1C)nc1cc(C)c(=NN=C3C=CC(=O)C=C3)cc-1n2-c1ccccc1. The van der Waals surface area contributed by atoms with E-state index in [9.17, 15) is 4.79 Å². The van der Waals surface area contributed by atoms with Gasteiger partial charge in [-0.1, -0.05) is 18.2 Å². The van der Waals surface area contributed by atoms with E-state index in [0.29, 0.717) is 5.71 Å². The highest BCUT2D eigenvalue weighted by molar-refractivity contribution is 6.16. The van der Waals surface area contributed by atoms with Gasteiger partial charge >= 0.3 is 0 Å². The van der Waals surface area contributed by atoms with Crippen LogP contribution in [0.15, 0.2) is 89.1 Å². The molecule has 0 saturated heterocycles. The van der Waals surface area contributed by atoms with E-state index in [1.165, 1.54) is 23.4 Å². The minimum Gasteiger partial charge on any atom is -0.372 e. The number of aromatic nitrogens is 2. The molecule has 2 aromatic rings. The van der Waals surface area contributed by atoms with Crippen LogP contribution in [-0.4, -0.2) is 34.1 Å². The summed E-state index contributed by atoms with van der Waals surface area (Å²) in [5.74, 6) is -0.0444. The summed E-state index contributed by atoms with van der Waals surface area (Å²) in [5.41, 5.74) is 8.95. The van der Waals surface area contributed by atoms with Gasteiger partial charge in [0.25, 0.3) is 0 Å². The predicted octanol–water partition coefficient (Wildman–Crippen LogP) is 5.55. The molecule has 5 rings (SSSR count). The molecule has 0 spiro atoms. The van der Waals surface area contributed by atoms with Crippen LogP contribution < -0.4 is 10.3 Å². The van der Waals surface area contributed by atoms with Crippen molar-refractivity contribution in [2.24, 2.45) is 10.2 Å². The van der Waals surface area contributed by atoms with Crippen LogP contribution >= 0.6 is 0 Å². The summed E-state index contributed by atoms with van der Waals surface area (Å²) >= 11 is 0. The number of hydrogen-bond donors (Lipinski definition) is 0. The molecule has 6 heteroatoms. The van der Waals surface area contributed by atoms with E-state index in [1.54, 1.807) is 12.2 Å². The van der Waals surface area contributed by atoms with Gasteiger partial charge in [0.05, 0.1) is 33.5 Å². The second-order valence-electron chi connectivity index (χ2n) is 8.90. The largest absolute Gasteiger partial charge is 0.372 e. The van der Waals surface area contributed by atoms with Crippen molar-refractivity contribution in [2.45, 2.75) is 27.7 Å². The molecule has 6 nitrogen and oxygen atoms in total. The summed E-state index contributed by atoms with van der Waals surface area (Å²) in [6.45, 7) is 10.4. The average Bonchev–Trinajstić information content (AvgIpc) is 2.89. The van der Waals surface area contributed by atoms with Gasteiger partial charge in [0.15, 0.2) is 5.78 Å². The minimum absolute atomic E-state index is 0.0444. The van der Waals surface area contributed by atoms with Crippen molar-refractivity contribution in [2.75, 3.05) is 18.0 Å². The molecule has 2 aliphatic carbocycles. The van der Waals surface area contributed by atoms with Crippen LogP contribution in [0.1, 0.15) is 25.0 Å². The number of benzene rings is 3. The fraction of sp³-hybridized carbons (Fsp3) is 0.200. The van der Waals surface area contributed by atoms with Crippen molar-refractivity contribution in [1.29, 1.82) is 0 Å². The summed E-state index contributed by atoms with van der Waals surface area (Å²) in [5, 5.41) is 9.66. The molecular weight excluding hydrogens is 446 g/mol. The molecule has 0 bridgehead atoms. The van der Waals surface area contributed by atoms with E-state index < -0.39 is 0 Å². The fourth-order valence-corrected chi connectivity index (χ4v) is 4.63. The highest BCUT2D eigenvalue weighted by Gasteiger charge is 2.18. The third kappa shape index (κ3) is 4.38. The van der Waals surface area contributed by atoms with Crippen molar-refractivity contribution in [3.8, 4) is 17.1 Å². The number of aryl methyl sites for hydroxylation is 2. The number of para-hydroxylation sites is 1. The Morgan fingerprint density at radius 2 is 1.58 bits per heavy atom. The molecular formula is C30H29N5O. The number of hydrogen-bond acceptors (Lipinski definition) is 5. The van der Waals surface area contributed by atoms with Gasteiger partial charge in [-0.25, -0.2) is 4.98 Å². The zero-order valence-corrected chi connectivity index (χ0v) is 21.1. The van der Waals surface area contributed by atoms with Gasteiger partial charge in [-0.05, 0) is 99.5 Å². The van der Waals surface area contributed by atoms with Gasteiger partial charge in [-0.15, -0.1) is 0 Å². The van der Waals surface area contributed by atoms with Gasteiger partial charge in [0.2, 0.25) is 0 Å². The second-order valence-corrected chi connectivity index (χ2v) is 8.90. The van der Waals surface area contributed by atoms with Crippen LogP contribution in [0.4, 0.5) is 5.69 Å². The molecule has 0 aromatic heterocycles. The molecule has 0 amide bonds. The number of rotatable bonds is 5. The summed E-state index contributed by atoms with van der Waals surface area (Å²) in [6.07, 6.45) is 6.35. The van der Waals surface area contributed by atoms with Crippen molar-refractivity contribution in [3.63, 3.8) is 0 Å². The van der Waals surface area contributed by atoms with Gasteiger partial charge in [0.1, 0.15) is 0 Å². The lowest BCUT2D eigenvalue weighted by atomic mass is 10.1. The Labute approximate surface area is 211 Å². The maximum Gasteiger partial charge on any atom is 0.178 e. The lowest BCUT2D eigenvalue weighted by Crippen LogP contribution is -2.23. The third-order valence-electron chi connectivity index (χ3n) is 6.54. The molecule has 0 radical (unpaired) electrons. The Hall–Kier alpha value is -4.32. The van der Waals surface area contributed by atoms with Crippen LogP contribution in [-0.2, 0) is 4.79 Å². The van der Waals surface area contributed by atoms with Crippen LogP contribution in [0.5, 0.6) is 0 Å². The predicted molar refractivity (Wildman–Crippen MR) is 147 cm³/mol. The van der Waals surface area contributed by atoms with Crippen LogP contribution in [0.3, 0.4) is 0 Å². The molecule has 180 valence electrons. The second kappa shape index (κ2) is 9.74. The number of anilines is 1. The Balaban J connectivity index is 1.81. The van der Waals surface area contributed by atoms with E-state index in [4.69, 9.17) is 4.98 Å². The van der Waals surface area contributed by atoms with E-state index in [1.807, 2.05) is 19.1 Å². The maximum absolute atomic E-state index is 11.4. The lowest BCUT2D eigenvalue weighted by molar-refractivity contribution is -0.110. The number of carbonyl (C=O) groups is 1. The highest BCUT2D eigenvalue weighted by atomic mass is 16.1. The van der Waals surface area contributed by atoms with Gasteiger partial charge < -0.3 is 9.47 Å². The Bertz CT molecular complexity index is 1570. The number of carbonyl (C=O) groups excluding carboxylic acids is 1. The molecule has 36 heavy (non-hydrogen) atoms. The molecule has 0 N–H and O–H groups in total. The maximum atomic E-state index is 11.4. The van der Waals surface area contributed by atoms with Gasteiger partial charge in [-0.2, -0.15) is 10.2 Å². The Morgan fingerprint density at radius 1 is 0.861 bits per heavy atom. The molecule has 1 heterocycles. The standard InChI is InChI=1S/C30H29N5O/c1-5-34(6-2)28-19-30-27(17-21(28)4)31-26-16-20(3)25(33-32-22-12-14-24(36)15-13-22)18-29(26)35(30)23-10-8-7-9-11-23/h7-19H,5-6H2,1-4H3. The Kier molecular flexibility index (Phi) is 6.34. The van der Waals surface area contributed by atoms with Crippen LogP contribution in [0.2, 0.25) is 0 Å². The third-order valence-corrected chi connectivity index (χ3v) is 6.54. The summed E-state index contributed by atoms with van der Waals surface area (Å²) in [4.78, 5) is 18.8. The average molecular weight is 476 g/mol. The van der Waals surface area contributed by atoms with Crippen molar-refractivity contribution < 1.29 is 4.79 Å². The number of ketones is 1. The molecule has 3 aliphatic rings. The molecule has 0 unspecified atom stereocenters. The summed E-state index contributed by atoms with van der Waals surface area (Å²) in [6, 6.07) is 18.9. The van der Waals surface area contributed by atoms with Gasteiger partial charge in [-0.3, -0.25) is 4.79 Å². The summed E-state index contributed by atoms with van der Waals surface area (Å²) < 4.78 is 2.26. The zero-order chi connectivity index (χ0) is 25.2. The molecule has 2 aromatic carbocycles. The first-order valence-corrected chi connectivity index (χ1v) is 12.3. The number of fused-ring (bicyclic) bond motifs is 2. The summed E-state index contributed by atoms with van der Waals surface area (Å²) in [7, 11) is 0. The van der Waals surface area contributed by atoms with Crippen LogP contribution in [0.25, 0.3) is 28.1 Å². The van der Waals surface area contributed by atoms with Crippen LogP contribution in [0, 0.1) is 13.8 Å². The lowest BCUT2D eigenvalue weighted by Gasteiger charge is -2.26. The number of allylic oxidation sites excluding steroid dienone is 4. The monoisotopic (exact) mass is 475 g/mol. The van der Waals surface area contributed by atoms with E-state index in [0.717, 1.165) is 52.1 Å². The van der Waals surface area contributed by atoms with E-state index >= 15 is 0 Å². The molecule has 0 atom stereocenters. The molecule has 0 saturated carbocycles. The van der Waals surface area contributed by atoms with E-state index in [2.05, 4.69) is 82.9 Å².